The van der Waals surface area contributed by atoms with E-state index < -0.39 is 0 Å². The molecule has 0 aromatic carbocycles. The molecule has 0 saturated heterocycles. The highest BCUT2D eigenvalue weighted by atomic mass is 32.2. The largest absolute Gasteiger partial charge is 0.349 e. The lowest BCUT2D eigenvalue weighted by Crippen LogP contribution is -2.23. The Labute approximate surface area is 81.3 Å². The molecule has 0 aliphatic rings. The fourth-order valence-corrected chi connectivity index (χ4v) is 1.30. The van der Waals surface area contributed by atoms with Gasteiger partial charge in [-0.1, -0.05) is 6.08 Å². The molecule has 1 rings (SSSR count). The number of hydrogen-bond acceptors (Lipinski definition) is 3. The minimum atomic E-state index is -0.0767. The molecular weight excluding hydrogens is 186 g/mol. The molecule has 1 heterocycles. The maximum absolute atomic E-state index is 11.5. The third-order valence-corrected chi connectivity index (χ3v) is 2.16. The smallest absolute Gasteiger partial charge is 0.257 e. The zero-order chi connectivity index (χ0) is 9.68. The first-order chi connectivity index (χ1) is 6.29. The highest BCUT2D eigenvalue weighted by Gasteiger charge is 2.00. The minimum Gasteiger partial charge on any atom is -0.257 e. The van der Waals surface area contributed by atoms with E-state index in [4.69, 9.17) is 0 Å². The molecule has 5 heteroatoms. The van der Waals surface area contributed by atoms with Crippen molar-refractivity contribution >= 4 is 18.0 Å². The predicted octanol–water partition coefficient (Wildman–Crippen LogP) is 0.898. The van der Waals surface area contributed by atoms with Crippen LogP contribution in [0.5, 0.6) is 0 Å². The highest BCUT2D eigenvalue weighted by molar-refractivity contribution is 7.98. The predicted molar refractivity (Wildman–Crippen MR) is 55.9 cm³/mol. The highest BCUT2D eigenvalue weighted by Crippen LogP contribution is 1.91. The molecule has 0 spiro atoms. The summed E-state index contributed by atoms with van der Waals surface area (Å²) >= 11 is 1.70. The van der Waals surface area contributed by atoms with Crippen LogP contribution in [0.2, 0.25) is 0 Å². The Balaban J connectivity index is 2.80. The number of allylic oxidation sites excluding steroid dienone is 1. The monoisotopic (exact) mass is 199 g/mol. The standard InChI is InChI=1S/C8H13N3OS/c1-3-4-10-7-9-11(8(10)12)5-6-13-2/h3-4,7H,5-6H2,1-2H3/b4-3+. The van der Waals surface area contributed by atoms with Gasteiger partial charge in [0, 0.05) is 12.0 Å². The van der Waals surface area contributed by atoms with Crippen molar-refractivity contribution < 1.29 is 0 Å². The van der Waals surface area contributed by atoms with Gasteiger partial charge in [0.15, 0.2) is 0 Å². The lowest BCUT2D eigenvalue weighted by molar-refractivity contribution is 0.636. The van der Waals surface area contributed by atoms with Crippen molar-refractivity contribution in [2.75, 3.05) is 12.0 Å². The quantitative estimate of drug-likeness (QED) is 0.723. The van der Waals surface area contributed by atoms with Crippen molar-refractivity contribution in [3.63, 3.8) is 0 Å². The van der Waals surface area contributed by atoms with Gasteiger partial charge in [-0.15, -0.1) is 0 Å². The van der Waals surface area contributed by atoms with Crippen LogP contribution in [0.25, 0.3) is 6.20 Å². The molecule has 0 radical (unpaired) electrons. The summed E-state index contributed by atoms with van der Waals surface area (Å²) in [6.45, 7) is 2.54. The second-order valence-electron chi connectivity index (χ2n) is 2.52. The topological polar surface area (TPSA) is 39.8 Å². The Morgan fingerprint density at radius 3 is 3.08 bits per heavy atom. The van der Waals surface area contributed by atoms with Crippen LogP contribution in [0, 0.1) is 0 Å². The second kappa shape index (κ2) is 4.91. The Kier molecular flexibility index (Phi) is 3.82. The Morgan fingerprint density at radius 2 is 2.46 bits per heavy atom. The molecule has 0 aliphatic carbocycles. The van der Waals surface area contributed by atoms with E-state index in [-0.39, 0.29) is 5.69 Å². The average Bonchev–Trinajstić information content (AvgIpc) is 2.46. The van der Waals surface area contributed by atoms with Gasteiger partial charge in [-0.2, -0.15) is 16.9 Å². The number of rotatable bonds is 4. The number of aromatic nitrogens is 3. The van der Waals surface area contributed by atoms with Gasteiger partial charge in [-0.25, -0.2) is 9.48 Å². The van der Waals surface area contributed by atoms with Crippen LogP contribution in [0.1, 0.15) is 6.92 Å². The lowest BCUT2D eigenvalue weighted by Gasteiger charge is -1.94. The Bertz CT molecular complexity index is 339. The van der Waals surface area contributed by atoms with Crippen LogP contribution >= 0.6 is 11.8 Å². The molecule has 0 bridgehead atoms. The van der Waals surface area contributed by atoms with E-state index in [1.807, 2.05) is 19.3 Å². The minimum absolute atomic E-state index is 0.0767. The molecule has 0 amide bonds. The SMILES string of the molecule is C/C=C/n1cnn(CCSC)c1=O. The zero-order valence-electron chi connectivity index (χ0n) is 7.80. The van der Waals surface area contributed by atoms with Gasteiger partial charge in [0.1, 0.15) is 6.33 Å². The van der Waals surface area contributed by atoms with Crippen molar-refractivity contribution in [3.8, 4) is 0 Å². The van der Waals surface area contributed by atoms with Crippen LogP contribution in [-0.2, 0) is 6.54 Å². The maximum Gasteiger partial charge on any atom is 0.349 e. The Morgan fingerprint density at radius 1 is 1.69 bits per heavy atom. The third kappa shape index (κ3) is 2.48. The number of aryl methyl sites for hydroxylation is 1. The molecule has 0 atom stereocenters. The summed E-state index contributed by atoms with van der Waals surface area (Å²) in [4.78, 5) is 11.5. The van der Waals surface area contributed by atoms with Crippen LogP contribution in [-0.4, -0.2) is 26.4 Å². The van der Waals surface area contributed by atoms with Gasteiger partial charge in [0.2, 0.25) is 0 Å². The molecule has 0 N–H and O–H groups in total. The fourth-order valence-electron chi connectivity index (χ4n) is 0.944. The summed E-state index contributed by atoms with van der Waals surface area (Å²) in [7, 11) is 0. The van der Waals surface area contributed by atoms with Crippen molar-refractivity contribution in [3.05, 3.63) is 22.9 Å². The molecule has 13 heavy (non-hydrogen) atoms. The number of thioether (sulfide) groups is 1. The molecule has 72 valence electrons. The summed E-state index contributed by atoms with van der Waals surface area (Å²) < 4.78 is 2.94. The molecule has 1 aromatic rings. The van der Waals surface area contributed by atoms with Crippen molar-refractivity contribution in [2.45, 2.75) is 13.5 Å². The van der Waals surface area contributed by atoms with Gasteiger partial charge >= 0.3 is 5.69 Å². The maximum atomic E-state index is 11.5. The summed E-state index contributed by atoms with van der Waals surface area (Å²) in [5.74, 6) is 0.909. The van der Waals surface area contributed by atoms with E-state index in [0.29, 0.717) is 6.54 Å². The van der Waals surface area contributed by atoms with Crippen LogP contribution < -0.4 is 5.69 Å². The second-order valence-corrected chi connectivity index (χ2v) is 3.50. The molecule has 0 fully saturated rings. The van der Waals surface area contributed by atoms with Crippen molar-refractivity contribution in [1.29, 1.82) is 0 Å². The molecule has 0 unspecified atom stereocenters. The molecule has 4 nitrogen and oxygen atoms in total. The fraction of sp³-hybridized carbons (Fsp3) is 0.500. The molecule has 0 saturated carbocycles. The number of hydrogen-bond donors (Lipinski definition) is 0. The summed E-state index contributed by atoms with van der Waals surface area (Å²) in [6, 6.07) is 0. The lowest BCUT2D eigenvalue weighted by atomic mass is 10.7. The van der Waals surface area contributed by atoms with Crippen molar-refractivity contribution in [2.24, 2.45) is 0 Å². The van der Waals surface area contributed by atoms with Gasteiger partial charge in [-0.3, -0.25) is 4.57 Å². The summed E-state index contributed by atoms with van der Waals surface area (Å²) in [6.07, 6.45) is 7.05. The first-order valence-corrected chi connectivity index (χ1v) is 5.44. The van der Waals surface area contributed by atoms with Gasteiger partial charge in [0.25, 0.3) is 0 Å². The van der Waals surface area contributed by atoms with E-state index >= 15 is 0 Å². The van der Waals surface area contributed by atoms with Crippen LogP contribution in [0.4, 0.5) is 0 Å². The van der Waals surface area contributed by atoms with Gasteiger partial charge in [0.05, 0.1) is 6.54 Å². The van der Waals surface area contributed by atoms with Gasteiger partial charge in [-0.05, 0) is 13.2 Å². The zero-order valence-corrected chi connectivity index (χ0v) is 8.62. The van der Waals surface area contributed by atoms with E-state index in [0.717, 1.165) is 5.75 Å². The third-order valence-electron chi connectivity index (χ3n) is 1.57. The average molecular weight is 199 g/mol. The van der Waals surface area contributed by atoms with Crippen LogP contribution in [0.3, 0.4) is 0 Å². The summed E-state index contributed by atoms with van der Waals surface area (Å²) in [5.41, 5.74) is -0.0767. The van der Waals surface area contributed by atoms with E-state index in [1.165, 1.54) is 15.6 Å². The van der Waals surface area contributed by atoms with E-state index in [1.54, 1.807) is 18.0 Å². The van der Waals surface area contributed by atoms with Crippen molar-refractivity contribution in [1.82, 2.24) is 14.3 Å². The molecule has 0 aliphatic heterocycles. The molecule has 1 aromatic heterocycles. The first-order valence-electron chi connectivity index (χ1n) is 4.05. The first kappa shape index (κ1) is 10.1. The summed E-state index contributed by atoms with van der Waals surface area (Å²) in [5, 5.41) is 3.97. The van der Waals surface area contributed by atoms with Gasteiger partial charge < -0.3 is 0 Å². The molecular formula is C8H13N3OS. The number of nitrogens with zero attached hydrogens (tertiary/aromatic N) is 3. The normalized spacial score (nSPS) is 11.2. The van der Waals surface area contributed by atoms with E-state index in [2.05, 4.69) is 5.10 Å². The van der Waals surface area contributed by atoms with E-state index in [9.17, 15) is 4.79 Å². The Hall–Kier alpha value is -0.970. The van der Waals surface area contributed by atoms with Crippen LogP contribution in [0.15, 0.2) is 17.2 Å².